The van der Waals surface area contributed by atoms with E-state index in [0.717, 1.165) is 29.0 Å². The molecule has 1 aromatic heterocycles. The smallest absolute Gasteiger partial charge is 0.191 e. The molecule has 0 fully saturated rings. The zero-order chi connectivity index (χ0) is 22.1. The lowest BCUT2D eigenvalue weighted by molar-refractivity contribution is 0.0616. The Morgan fingerprint density at radius 1 is 1.10 bits per heavy atom. The number of aliphatic hydroxyl groups is 1. The van der Waals surface area contributed by atoms with Gasteiger partial charge in [-0.1, -0.05) is 42.5 Å². The Morgan fingerprint density at radius 2 is 1.81 bits per heavy atom. The molecule has 3 aromatic rings. The fourth-order valence-corrected chi connectivity index (χ4v) is 3.09. The minimum Gasteiger partial charge on any atom is -0.489 e. The molecule has 7 nitrogen and oxygen atoms in total. The van der Waals surface area contributed by atoms with Crippen molar-refractivity contribution < 1.29 is 9.84 Å². The molecule has 0 aliphatic heterocycles. The molecule has 1 atom stereocenters. The van der Waals surface area contributed by atoms with Crippen LogP contribution in [0, 0.1) is 0 Å². The van der Waals surface area contributed by atoms with Crippen molar-refractivity contribution in [1.29, 1.82) is 0 Å². The van der Waals surface area contributed by atoms with Crippen molar-refractivity contribution in [2.75, 3.05) is 13.1 Å². The van der Waals surface area contributed by atoms with Crippen LogP contribution in [0.2, 0.25) is 0 Å². The molecule has 0 aliphatic carbocycles. The predicted molar refractivity (Wildman–Crippen MR) is 123 cm³/mol. The fraction of sp³-hybridized carbons (Fsp3) is 0.333. The Labute approximate surface area is 183 Å². The van der Waals surface area contributed by atoms with Gasteiger partial charge >= 0.3 is 0 Å². The lowest BCUT2D eigenvalue weighted by Crippen LogP contribution is -2.44. The number of hydrogen-bond acceptors (Lipinski definition) is 4. The molecule has 0 aliphatic rings. The molecule has 0 saturated heterocycles. The van der Waals surface area contributed by atoms with Crippen LogP contribution in [-0.2, 0) is 25.8 Å². The first-order chi connectivity index (χ1) is 15.0. The van der Waals surface area contributed by atoms with Gasteiger partial charge in [0.05, 0.1) is 19.3 Å². The number of nitrogens with zero attached hydrogens (tertiary/aromatic N) is 3. The second kappa shape index (κ2) is 10.6. The van der Waals surface area contributed by atoms with Gasteiger partial charge in [0, 0.05) is 25.4 Å². The van der Waals surface area contributed by atoms with Gasteiger partial charge in [0.25, 0.3) is 0 Å². The molecule has 0 saturated carbocycles. The second-order valence-electron chi connectivity index (χ2n) is 7.60. The number of benzene rings is 2. The largest absolute Gasteiger partial charge is 0.489 e. The average Bonchev–Trinajstić information content (AvgIpc) is 3.23. The summed E-state index contributed by atoms with van der Waals surface area (Å²) in [6.07, 6.45) is 3.49. The number of aromatic nitrogens is 2. The zero-order valence-corrected chi connectivity index (χ0v) is 18.4. The molecule has 31 heavy (non-hydrogen) atoms. The Bertz CT molecular complexity index is 982. The van der Waals surface area contributed by atoms with Crippen LogP contribution in [0.25, 0.3) is 0 Å². The molecule has 164 valence electrons. The van der Waals surface area contributed by atoms with Crippen LogP contribution >= 0.6 is 0 Å². The van der Waals surface area contributed by atoms with Crippen LogP contribution in [0.1, 0.15) is 30.5 Å². The van der Waals surface area contributed by atoms with Gasteiger partial charge in [0.15, 0.2) is 5.96 Å². The van der Waals surface area contributed by atoms with E-state index in [2.05, 4.69) is 27.9 Å². The molecular weight excluding hydrogens is 390 g/mol. The van der Waals surface area contributed by atoms with Crippen LogP contribution in [0.15, 0.2) is 72.0 Å². The summed E-state index contributed by atoms with van der Waals surface area (Å²) in [5.74, 6) is 1.49. The van der Waals surface area contributed by atoms with E-state index in [9.17, 15) is 5.11 Å². The number of guanidine groups is 1. The van der Waals surface area contributed by atoms with E-state index >= 15 is 0 Å². The molecule has 7 heteroatoms. The minimum absolute atomic E-state index is 0.309. The Hall–Kier alpha value is -3.32. The first kappa shape index (κ1) is 22.4. The van der Waals surface area contributed by atoms with Crippen LogP contribution in [0.3, 0.4) is 0 Å². The molecule has 0 amide bonds. The van der Waals surface area contributed by atoms with Gasteiger partial charge in [-0.15, -0.1) is 0 Å². The highest BCUT2D eigenvalue weighted by atomic mass is 16.5. The van der Waals surface area contributed by atoms with E-state index in [4.69, 9.17) is 9.73 Å². The predicted octanol–water partition coefficient (Wildman–Crippen LogP) is 2.96. The van der Waals surface area contributed by atoms with Crippen molar-refractivity contribution in [3.8, 4) is 5.75 Å². The molecule has 0 spiro atoms. The average molecular weight is 422 g/mol. The van der Waals surface area contributed by atoms with Gasteiger partial charge in [-0.2, -0.15) is 5.10 Å². The van der Waals surface area contributed by atoms with Gasteiger partial charge in [-0.05, 0) is 37.1 Å². The maximum Gasteiger partial charge on any atom is 0.191 e. The SMILES string of the molecule is CCNC(=NCc1ccccc1COc1ccccc1)NCC(C)(O)c1cnn(C)c1. The number of aryl methyl sites for hydroxylation is 1. The van der Waals surface area contributed by atoms with Crippen molar-refractivity contribution in [2.45, 2.75) is 32.6 Å². The number of para-hydroxylation sites is 1. The zero-order valence-electron chi connectivity index (χ0n) is 18.4. The van der Waals surface area contributed by atoms with Gasteiger partial charge < -0.3 is 20.5 Å². The summed E-state index contributed by atoms with van der Waals surface area (Å²) >= 11 is 0. The van der Waals surface area contributed by atoms with E-state index in [0.29, 0.717) is 25.7 Å². The lowest BCUT2D eigenvalue weighted by Gasteiger charge is -2.23. The van der Waals surface area contributed by atoms with Crippen molar-refractivity contribution in [2.24, 2.45) is 12.0 Å². The topological polar surface area (TPSA) is 83.7 Å². The Kier molecular flexibility index (Phi) is 7.67. The summed E-state index contributed by atoms with van der Waals surface area (Å²) in [4.78, 5) is 4.71. The third-order valence-electron chi connectivity index (χ3n) is 4.93. The van der Waals surface area contributed by atoms with Gasteiger partial charge in [-0.25, -0.2) is 4.99 Å². The van der Waals surface area contributed by atoms with Crippen molar-refractivity contribution in [1.82, 2.24) is 20.4 Å². The maximum atomic E-state index is 10.8. The van der Waals surface area contributed by atoms with E-state index in [-0.39, 0.29) is 0 Å². The highest BCUT2D eigenvalue weighted by molar-refractivity contribution is 5.79. The summed E-state index contributed by atoms with van der Waals surface area (Å²) in [5, 5.41) is 21.4. The molecule has 0 bridgehead atoms. The van der Waals surface area contributed by atoms with Crippen LogP contribution < -0.4 is 15.4 Å². The molecule has 1 heterocycles. The fourth-order valence-electron chi connectivity index (χ4n) is 3.09. The third-order valence-corrected chi connectivity index (χ3v) is 4.93. The van der Waals surface area contributed by atoms with Crippen molar-refractivity contribution in [3.05, 3.63) is 83.7 Å². The summed E-state index contributed by atoms with van der Waals surface area (Å²) in [6, 6.07) is 17.9. The Morgan fingerprint density at radius 3 is 2.48 bits per heavy atom. The van der Waals surface area contributed by atoms with Crippen molar-refractivity contribution in [3.63, 3.8) is 0 Å². The number of nitrogens with one attached hydrogen (secondary N) is 2. The maximum absolute atomic E-state index is 10.8. The summed E-state index contributed by atoms with van der Waals surface area (Å²) < 4.78 is 7.59. The molecule has 3 N–H and O–H groups in total. The van der Waals surface area contributed by atoms with E-state index in [1.165, 1.54) is 0 Å². The van der Waals surface area contributed by atoms with Crippen molar-refractivity contribution >= 4 is 5.96 Å². The first-order valence-electron chi connectivity index (χ1n) is 10.5. The lowest BCUT2D eigenvalue weighted by atomic mass is 10.00. The number of hydrogen-bond donors (Lipinski definition) is 3. The van der Waals surface area contributed by atoms with Gasteiger partial charge in [0.1, 0.15) is 18.0 Å². The Balaban J connectivity index is 1.65. The van der Waals surface area contributed by atoms with Gasteiger partial charge in [0.2, 0.25) is 0 Å². The van der Waals surface area contributed by atoms with Crippen LogP contribution in [-0.4, -0.2) is 33.9 Å². The highest BCUT2D eigenvalue weighted by Crippen LogP contribution is 2.19. The number of rotatable bonds is 9. The monoisotopic (exact) mass is 421 g/mol. The number of aliphatic imine (C=N–C) groups is 1. The van der Waals surface area contributed by atoms with E-state index in [1.54, 1.807) is 17.8 Å². The van der Waals surface area contributed by atoms with Crippen LogP contribution in [0.5, 0.6) is 5.75 Å². The normalized spacial score (nSPS) is 13.5. The molecule has 1 unspecified atom stereocenters. The molecular formula is C24H31N5O2. The first-order valence-corrected chi connectivity index (χ1v) is 10.5. The summed E-state index contributed by atoms with van der Waals surface area (Å²) in [5.41, 5.74) is 1.87. The molecule has 0 radical (unpaired) electrons. The summed E-state index contributed by atoms with van der Waals surface area (Å²) in [6.45, 7) is 5.78. The second-order valence-corrected chi connectivity index (χ2v) is 7.60. The van der Waals surface area contributed by atoms with E-state index in [1.807, 2.05) is 62.6 Å². The number of ether oxygens (including phenoxy) is 1. The van der Waals surface area contributed by atoms with E-state index < -0.39 is 5.60 Å². The highest BCUT2D eigenvalue weighted by Gasteiger charge is 2.25. The molecule has 2 aromatic carbocycles. The minimum atomic E-state index is -1.06. The molecule has 3 rings (SSSR count). The van der Waals surface area contributed by atoms with Crippen LogP contribution in [0.4, 0.5) is 0 Å². The third kappa shape index (κ3) is 6.58. The van der Waals surface area contributed by atoms with Gasteiger partial charge in [-0.3, -0.25) is 4.68 Å². The standard InChI is InChI=1S/C24H31N5O2/c1-4-25-23(27-18-24(2,30)21-15-28-29(3)16-21)26-14-19-10-8-9-11-20(19)17-31-22-12-6-5-7-13-22/h5-13,15-16,30H,4,14,17-18H2,1-3H3,(H2,25,26,27). The summed E-state index contributed by atoms with van der Waals surface area (Å²) in [7, 11) is 1.83. The quantitative estimate of drug-likeness (QED) is 0.365.